The van der Waals surface area contributed by atoms with Gasteiger partial charge in [-0.1, -0.05) is 52.0 Å². The first-order valence-electron chi connectivity index (χ1n) is 6.72. The van der Waals surface area contributed by atoms with Crippen LogP contribution in [0, 0.1) is 0 Å². The van der Waals surface area contributed by atoms with Crippen molar-refractivity contribution >= 4 is 27.7 Å². The second-order valence-corrected chi connectivity index (χ2v) is 6.48. The first-order chi connectivity index (χ1) is 10.7. The van der Waals surface area contributed by atoms with Crippen LogP contribution in [0.4, 0.5) is 0 Å². The topological polar surface area (TPSA) is 35.3 Å². The number of rotatable bonds is 5. The van der Waals surface area contributed by atoms with Gasteiger partial charge in [0.25, 0.3) is 5.22 Å². The highest BCUT2D eigenvalue weighted by molar-refractivity contribution is 9.10. The van der Waals surface area contributed by atoms with E-state index in [1.807, 2.05) is 42.5 Å². The Morgan fingerprint density at radius 3 is 2.77 bits per heavy atom. The predicted molar refractivity (Wildman–Crippen MR) is 92.2 cm³/mol. The largest absolute Gasteiger partial charge is 0.497 e. The van der Waals surface area contributed by atoms with Gasteiger partial charge < -0.3 is 9.15 Å². The van der Waals surface area contributed by atoms with Crippen molar-refractivity contribution in [2.45, 2.75) is 11.0 Å². The molecule has 3 rings (SSSR count). The van der Waals surface area contributed by atoms with Gasteiger partial charge in [-0.05, 0) is 29.8 Å². The van der Waals surface area contributed by atoms with Crippen molar-refractivity contribution in [3.8, 4) is 17.1 Å². The lowest BCUT2D eigenvalue weighted by molar-refractivity contribution is 0.414. The van der Waals surface area contributed by atoms with E-state index in [4.69, 9.17) is 9.15 Å². The van der Waals surface area contributed by atoms with Crippen LogP contribution in [-0.2, 0) is 5.75 Å². The van der Waals surface area contributed by atoms with Gasteiger partial charge >= 0.3 is 0 Å². The molecule has 22 heavy (non-hydrogen) atoms. The Bertz CT molecular complexity index is 755. The molecule has 0 aliphatic heterocycles. The van der Waals surface area contributed by atoms with Crippen molar-refractivity contribution in [2.24, 2.45) is 0 Å². The van der Waals surface area contributed by atoms with E-state index in [2.05, 4.69) is 27.0 Å². The number of aromatic nitrogens is 1. The summed E-state index contributed by atoms with van der Waals surface area (Å²) in [4.78, 5) is 4.33. The van der Waals surface area contributed by atoms with Gasteiger partial charge in [0.05, 0.1) is 13.3 Å². The standard InChI is InChI=1S/C17H14BrNO2S/c1-20-15-4-2-3-12(9-15)11-22-17-19-10-16(21-17)13-5-7-14(18)8-6-13/h2-10H,11H2,1H3. The Kier molecular flexibility index (Phi) is 4.85. The zero-order valence-corrected chi connectivity index (χ0v) is 14.4. The lowest BCUT2D eigenvalue weighted by Crippen LogP contribution is -1.85. The predicted octanol–water partition coefficient (Wildman–Crippen LogP) is 5.41. The van der Waals surface area contributed by atoms with E-state index in [1.54, 1.807) is 25.1 Å². The molecule has 0 atom stereocenters. The van der Waals surface area contributed by atoms with Gasteiger partial charge in [-0.25, -0.2) is 4.98 Å². The number of nitrogens with zero attached hydrogens (tertiary/aromatic N) is 1. The van der Waals surface area contributed by atoms with Crippen LogP contribution in [0.25, 0.3) is 11.3 Å². The fourth-order valence-electron chi connectivity index (χ4n) is 1.98. The van der Waals surface area contributed by atoms with Crippen LogP contribution in [0.1, 0.15) is 5.56 Å². The minimum absolute atomic E-state index is 0.667. The summed E-state index contributed by atoms with van der Waals surface area (Å²) >= 11 is 4.99. The smallest absolute Gasteiger partial charge is 0.256 e. The third kappa shape index (κ3) is 3.72. The Balaban J connectivity index is 1.67. The third-order valence-corrected chi connectivity index (χ3v) is 4.55. The molecule has 0 aliphatic rings. The highest BCUT2D eigenvalue weighted by atomic mass is 79.9. The van der Waals surface area contributed by atoms with Gasteiger partial charge in [0, 0.05) is 15.8 Å². The first kappa shape index (κ1) is 15.2. The van der Waals surface area contributed by atoms with Crippen molar-refractivity contribution in [3.63, 3.8) is 0 Å². The summed E-state index contributed by atoms with van der Waals surface area (Å²) in [5.41, 5.74) is 2.19. The minimum Gasteiger partial charge on any atom is -0.497 e. The summed E-state index contributed by atoms with van der Waals surface area (Å²) in [6, 6.07) is 16.0. The zero-order valence-electron chi connectivity index (χ0n) is 12.0. The minimum atomic E-state index is 0.667. The van der Waals surface area contributed by atoms with Gasteiger partial charge in [0.1, 0.15) is 5.75 Å². The van der Waals surface area contributed by atoms with Crippen LogP contribution in [0.15, 0.2) is 68.8 Å². The van der Waals surface area contributed by atoms with Crippen LogP contribution in [-0.4, -0.2) is 12.1 Å². The lowest BCUT2D eigenvalue weighted by atomic mass is 10.2. The van der Waals surface area contributed by atoms with E-state index < -0.39 is 0 Å². The number of methoxy groups -OCH3 is 1. The normalized spacial score (nSPS) is 10.6. The molecule has 0 radical (unpaired) electrons. The Hall–Kier alpha value is -1.72. The summed E-state index contributed by atoms with van der Waals surface area (Å²) < 4.78 is 12.1. The summed E-state index contributed by atoms with van der Waals surface area (Å²) in [5.74, 6) is 2.43. The van der Waals surface area contributed by atoms with E-state index in [1.165, 1.54) is 5.56 Å². The molecule has 112 valence electrons. The zero-order chi connectivity index (χ0) is 15.4. The first-order valence-corrected chi connectivity index (χ1v) is 8.50. The highest BCUT2D eigenvalue weighted by Crippen LogP contribution is 2.28. The number of oxazole rings is 1. The molecule has 3 nitrogen and oxygen atoms in total. The van der Waals surface area contributed by atoms with Crippen LogP contribution >= 0.6 is 27.7 Å². The molecular formula is C17H14BrNO2S. The molecule has 1 aromatic heterocycles. The molecule has 5 heteroatoms. The van der Waals surface area contributed by atoms with Gasteiger partial charge in [-0.2, -0.15) is 0 Å². The molecule has 0 aliphatic carbocycles. The Morgan fingerprint density at radius 1 is 1.18 bits per heavy atom. The fraction of sp³-hybridized carbons (Fsp3) is 0.118. The van der Waals surface area contributed by atoms with Crippen LogP contribution in [0.2, 0.25) is 0 Å². The Labute approximate surface area is 141 Å². The van der Waals surface area contributed by atoms with Crippen molar-refractivity contribution in [2.75, 3.05) is 7.11 Å². The van der Waals surface area contributed by atoms with Crippen molar-refractivity contribution in [1.29, 1.82) is 0 Å². The summed E-state index contributed by atoms with van der Waals surface area (Å²) in [5, 5.41) is 0.667. The van der Waals surface area contributed by atoms with Gasteiger partial charge in [-0.3, -0.25) is 0 Å². The molecule has 0 saturated heterocycles. The molecule has 0 saturated carbocycles. The number of thioether (sulfide) groups is 1. The second-order valence-electron chi connectivity index (χ2n) is 4.64. The SMILES string of the molecule is COc1cccc(CSc2ncc(-c3ccc(Br)cc3)o2)c1. The maximum Gasteiger partial charge on any atom is 0.256 e. The van der Waals surface area contributed by atoms with E-state index in [0.717, 1.165) is 27.3 Å². The van der Waals surface area contributed by atoms with E-state index in [-0.39, 0.29) is 0 Å². The van der Waals surface area contributed by atoms with Crippen LogP contribution in [0.5, 0.6) is 5.75 Å². The highest BCUT2D eigenvalue weighted by Gasteiger charge is 2.07. The molecule has 0 spiro atoms. The monoisotopic (exact) mass is 375 g/mol. The van der Waals surface area contributed by atoms with E-state index in [0.29, 0.717) is 5.22 Å². The quantitative estimate of drug-likeness (QED) is 0.558. The summed E-state index contributed by atoms with van der Waals surface area (Å²) in [7, 11) is 1.67. The third-order valence-electron chi connectivity index (χ3n) is 3.11. The molecule has 0 unspecified atom stereocenters. The van der Waals surface area contributed by atoms with Crippen molar-refractivity contribution in [1.82, 2.24) is 4.98 Å². The maximum absolute atomic E-state index is 5.79. The molecule has 1 heterocycles. The summed E-state index contributed by atoms with van der Waals surface area (Å²) in [6.07, 6.45) is 1.76. The maximum atomic E-state index is 5.79. The molecular weight excluding hydrogens is 362 g/mol. The molecule has 0 fully saturated rings. The number of hydrogen-bond acceptors (Lipinski definition) is 4. The van der Waals surface area contributed by atoms with Crippen LogP contribution in [0.3, 0.4) is 0 Å². The second kappa shape index (κ2) is 7.03. The average molecular weight is 376 g/mol. The molecule has 2 aromatic carbocycles. The van der Waals surface area contributed by atoms with Gasteiger partial charge in [-0.15, -0.1) is 0 Å². The van der Waals surface area contributed by atoms with Gasteiger partial charge in [0.2, 0.25) is 0 Å². The van der Waals surface area contributed by atoms with Crippen LogP contribution < -0.4 is 4.74 Å². The molecule has 3 aromatic rings. The van der Waals surface area contributed by atoms with Gasteiger partial charge in [0.15, 0.2) is 5.76 Å². The number of ether oxygens (including phenoxy) is 1. The Morgan fingerprint density at radius 2 is 2.00 bits per heavy atom. The number of hydrogen-bond donors (Lipinski definition) is 0. The van der Waals surface area contributed by atoms with E-state index >= 15 is 0 Å². The van der Waals surface area contributed by atoms with Crippen molar-refractivity contribution in [3.05, 3.63) is 64.8 Å². The summed E-state index contributed by atoms with van der Waals surface area (Å²) in [6.45, 7) is 0. The molecule has 0 bridgehead atoms. The average Bonchev–Trinajstić information content (AvgIpc) is 3.03. The number of halogens is 1. The van der Waals surface area contributed by atoms with E-state index in [9.17, 15) is 0 Å². The van der Waals surface area contributed by atoms with Crippen molar-refractivity contribution < 1.29 is 9.15 Å². The fourth-order valence-corrected chi connectivity index (χ4v) is 2.99. The lowest BCUT2D eigenvalue weighted by Gasteiger charge is -2.02. The molecule has 0 amide bonds. The number of benzene rings is 2. The molecule has 0 N–H and O–H groups in total.